The first-order valence-corrected chi connectivity index (χ1v) is 8.31. The summed E-state index contributed by atoms with van der Waals surface area (Å²) in [5.74, 6) is 1.29. The average Bonchev–Trinajstić information content (AvgIpc) is 2.60. The third-order valence-electron chi connectivity index (χ3n) is 3.95. The van der Waals surface area contributed by atoms with Gasteiger partial charge in [-0.3, -0.25) is 0 Å². The van der Waals surface area contributed by atoms with Crippen molar-refractivity contribution >= 4 is 46.3 Å². The first kappa shape index (κ1) is 18.1. The van der Waals surface area contributed by atoms with Gasteiger partial charge in [-0.2, -0.15) is 0 Å². The molecule has 1 aliphatic rings. The number of fused-ring (bicyclic) bond motifs is 1. The minimum Gasteiger partial charge on any atom is -0.495 e. The molecule has 1 atom stereocenters. The molecule has 0 saturated carbocycles. The molecular formula is C15H15Cl3N4O3. The van der Waals surface area contributed by atoms with Crippen molar-refractivity contribution in [1.29, 1.82) is 0 Å². The largest absolute Gasteiger partial charge is 0.495 e. The van der Waals surface area contributed by atoms with Crippen LogP contribution in [0.4, 0.5) is 11.5 Å². The van der Waals surface area contributed by atoms with E-state index in [9.17, 15) is 5.11 Å². The fraction of sp³-hybridized carbons (Fsp3) is 0.333. The van der Waals surface area contributed by atoms with Crippen LogP contribution in [0.25, 0.3) is 0 Å². The second-order valence-electron chi connectivity index (χ2n) is 5.33. The Morgan fingerprint density at radius 2 is 1.76 bits per heavy atom. The zero-order valence-electron chi connectivity index (χ0n) is 13.6. The van der Waals surface area contributed by atoms with Gasteiger partial charge in [0.25, 0.3) is 0 Å². The lowest BCUT2D eigenvalue weighted by molar-refractivity contribution is 0.160. The summed E-state index contributed by atoms with van der Waals surface area (Å²) in [5, 5.41) is 11.4. The molecule has 1 aromatic heterocycles. The number of hydrogen-bond donors (Lipinski definition) is 1. The number of hydrogen-bond acceptors (Lipinski definition) is 7. The van der Waals surface area contributed by atoms with Crippen LogP contribution in [0.3, 0.4) is 0 Å². The second-order valence-corrected chi connectivity index (χ2v) is 6.42. The summed E-state index contributed by atoms with van der Waals surface area (Å²) < 4.78 is 10.6. The minimum atomic E-state index is -1.08. The van der Waals surface area contributed by atoms with Crippen LogP contribution in [0.1, 0.15) is 5.56 Å². The zero-order valence-corrected chi connectivity index (χ0v) is 15.9. The van der Waals surface area contributed by atoms with Crippen LogP contribution in [-0.2, 0) is 6.54 Å². The number of methoxy groups -OCH3 is 2. The zero-order chi connectivity index (χ0) is 18.3. The summed E-state index contributed by atoms with van der Waals surface area (Å²) >= 11 is 18.8. The molecule has 0 amide bonds. The molecule has 1 aromatic carbocycles. The van der Waals surface area contributed by atoms with Gasteiger partial charge >= 0.3 is 0 Å². The highest BCUT2D eigenvalue weighted by Crippen LogP contribution is 2.48. The molecule has 0 spiro atoms. The predicted octanol–water partition coefficient (Wildman–Crippen LogP) is 3.19. The molecule has 25 heavy (non-hydrogen) atoms. The Labute approximate surface area is 159 Å². The summed E-state index contributed by atoms with van der Waals surface area (Å²) in [5.41, 5.74) is 1.14. The summed E-state index contributed by atoms with van der Waals surface area (Å²) in [6.45, 7) is 0.272. The van der Waals surface area contributed by atoms with E-state index in [-0.39, 0.29) is 21.9 Å². The van der Waals surface area contributed by atoms with Crippen LogP contribution in [0.2, 0.25) is 15.3 Å². The molecule has 7 nitrogen and oxygen atoms in total. The first-order chi connectivity index (χ1) is 11.9. The highest BCUT2D eigenvalue weighted by atomic mass is 35.5. The number of aliphatic hydroxyl groups is 1. The Morgan fingerprint density at radius 1 is 1.16 bits per heavy atom. The quantitative estimate of drug-likeness (QED) is 0.786. The first-order valence-electron chi connectivity index (χ1n) is 7.18. The summed E-state index contributed by atoms with van der Waals surface area (Å²) in [6.07, 6.45) is 0.518. The van der Waals surface area contributed by atoms with Gasteiger partial charge in [0.05, 0.1) is 26.5 Å². The Hall–Kier alpha value is -1.67. The lowest BCUT2D eigenvalue weighted by Crippen LogP contribution is -2.51. The van der Waals surface area contributed by atoms with E-state index in [1.54, 1.807) is 29.1 Å². The molecule has 10 heteroatoms. The Balaban J connectivity index is 2.15. The summed E-state index contributed by atoms with van der Waals surface area (Å²) in [7, 11) is 4.66. The van der Waals surface area contributed by atoms with Gasteiger partial charge in [0.15, 0.2) is 0 Å². The number of ether oxygens (including phenoxy) is 2. The Kier molecular flexibility index (Phi) is 5.02. The van der Waals surface area contributed by atoms with Gasteiger partial charge in [-0.05, 0) is 11.6 Å². The van der Waals surface area contributed by atoms with E-state index in [1.165, 1.54) is 14.2 Å². The van der Waals surface area contributed by atoms with Gasteiger partial charge in [-0.15, -0.1) is 0 Å². The number of benzene rings is 1. The number of rotatable bonds is 3. The highest BCUT2D eigenvalue weighted by molar-refractivity contribution is 6.41. The molecule has 0 radical (unpaired) electrons. The van der Waals surface area contributed by atoms with Crippen LogP contribution in [0.5, 0.6) is 11.5 Å². The number of nitrogens with zero attached hydrogens (tertiary/aromatic N) is 4. The van der Waals surface area contributed by atoms with E-state index < -0.39 is 6.35 Å². The third-order valence-corrected chi connectivity index (χ3v) is 4.86. The maximum atomic E-state index is 10.8. The average molecular weight is 406 g/mol. The van der Waals surface area contributed by atoms with Gasteiger partial charge in [-0.1, -0.05) is 23.2 Å². The summed E-state index contributed by atoms with van der Waals surface area (Å²) in [6, 6.07) is 1.59. The van der Waals surface area contributed by atoms with Crippen molar-refractivity contribution in [2.24, 2.45) is 0 Å². The molecule has 0 fully saturated rings. The molecule has 2 heterocycles. The molecule has 0 bridgehead atoms. The monoisotopic (exact) mass is 404 g/mol. The van der Waals surface area contributed by atoms with Crippen molar-refractivity contribution in [3.63, 3.8) is 0 Å². The van der Waals surface area contributed by atoms with Gasteiger partial charge in [0.1, 0.15) is 27.4 Å². The number of aromatic nitrogens is 2. The van der Waals surface area contributed by atoms with E-state index in [0.29, 0.717) is 23.0 Å². The maximum absolute atomic E-state index is 10.8. The van der Waals surface area contributed by atoms with E-state index in [0.717, 1.165) is 5.56 Å². The second kappa shape index (κ2) is 6.92. The molecule has 1 N–H and O–H groups in total. The predicted molar refractivity (Wildman–Crippen MR) is 97.2 cm³/mol. The van der Waals surface area contributed by atoms with Crippen LogP contribution >= 0.6 is 34.8 Å². The lowest BCUT2D eigenvalue weighted by atomic mass is 10.1. The van der Waals surface area contributed by atoms with Crippen molar-refractivity contribution in [3.05, 3.63) is 33.2 Å². The van der Waals surface area contributed by atoms with E-state index in [4.69, 9.17) is 44.3 Å². The van der Waals surface area contributed by atoms with Crippen LogP contribution in [0, 0.1) is 0 Å². The van der Waals surface area contributed by atoms with Crippen LogP contribution < -0.4 is 19.3 Å². The topological polar surface area (TPSA) is 71.0 Å². The smallest absolute Gasteiger partial charge is 0.224 e. The van der Waals surface area contributed by atoms with Crippen molar-refractivity contribution in [3.8, 4) is 11.5 Å². The summed E-state index contributed by atoms with van der Waals surface area (Å²) in [4.78, 5) is 11.3. The van der Waals surface area contributed by atoms with Gasteiger partial charge < -0.3 is 24.4 Å². The normalized spacial score (nSPS) is 16.7. The number of aliphatic hydroxyl groups excluding tert-OH is 1. The molecule has 1 aliphatic heterocycles. The van der Waals surface area contributed by atoms with Crippen molar-refractivity contribution in [2.75, 3.05) is 31.1 Å². The Morgan fingerprint density at radius 3 is 2.32 bits per heavy atom. The fourth-order valence-electron chi connectivity index (χ4n) is 2.70. The molecule has 1 unspecified atom stereocenters. The molecule has 3 rings (SSSR count). The van der Waals surface area contributed by atoms with Crippen molar-refractivity contribution in [2.45, 2.75) is 12.9 Å². The number of halogens is 3. The van der Waals surface area contributed by atoms with E-state index >= 15 is 0 Å². The standard InChI is InChI=1S/C15H15Cl3N4O3/c1-21-13-7(5-19-14(18)20-13)6-22(15(21)23)12-10(16)8(24-2)4-9(25-3)11(12)17/h4-5,15,23H,6H2,1-3H3. The van der Waals surface area contributed by atoms with E-state index in [1.807, 2.05) is 0 Å². The molecule has 2 aromatic rings. The van der Waals surface area contributed by atoms with Crippen molar-refractivity contribution in [1.82, 2.24) is 9.97 Å². The fourth-order valence-corrected chi connectivity index (χ4v) is 3.54. The van der Waals surface area contributed by atoms with Crippen LogP contribution in [0.15, 0.2) is 12.3 Å². The van der Waals surface area contributed by atoms with Gasteiger partial charge in [0, 0.05) is 24.9 Å². The molecule has 0 saturated heterocycles. The molecule has 0 aliphatic carbocycles. The third kappa shape index (κ3) is 3.01. The van der Waals surface area contributed by atoms with Crippen molar-refractivity contribution < 1.29 is 14.6 Å². The maximum Gasteiger partial charge on any atom is 0.224 e. The van der Waals surface area contributed by atoms with Crippen LogP contribution in [-0.4, -0.2) is 42.7 Å². The molecule has 134 valence electrons. The van der Waals surface area contributed by atoms with Gasteiger partial charge in [-0.25, -0.2) is 9.97 Å². The molecular weight excluding hydrogens is 391 g/mol. The van der Waals surface area contributed by atoms with E-state index in [2.05, 4.69) is 9.97 Å². The lowest BCUT2D eigenvalue weighted by Gasteiger charge is -2.41. The SMILES string of the molecule is COc1cc(OC)c(Cl)c(N2Cc3cnc(Cl)nc3N(C)C2O)c1Cl. The van der Waals surface area contributed by atoms with Gasteiger partial charge in [0.2, 0.25) is 11.6 Å². The number of anilines is 2. The highest BCUT2D eigenvalue weighted by Gasteiger charge is 2.34. The Bertz CT molecular complexity index is 793. The minimum absolute atomic E-state index is 0.102.